The summed E-state index contributed by atoms with van der Waals surface area (Å²) in [4.78, 5) is 0. The third kappa shape index (κ3) is 4.12. The van der Waals surface area contributed by atoms with Crippen molar-refractivity contribution in [2.75, 3.05) is 0 Å². The van der Waals surface area contributed by atoms with E-state index in [9.17, 15) is 8.22 Å². The third-order valence-electron chi connectivity index (χ3n) is 8.66. The van der Waals surface area contributed by atoms with Crippen LogP contribution in [0.3, 0.4) is 0 Å². The molecule has 3 aromatic heterocycles. The van der Waals surface area contributed by atoms with Gasteiger partial charge in [0, 0.05) is 49.4 Å². The molecular weight excluding hydrogens is 619 g/mol. The zero-order valence-electron chi connectivity index (χ0n) is 52.7. The Morgan fingerprint density at radius 2 is 0.706 bits per heavy atom. The number of hydrogen-bond acceptors (Lipinski definition) is 0. The molecule has 0 aliphatic carbocycles. The molecule has 0 spiro atoms. The zero-order chi connectivity index (χ0) is 57.0. The first kappa shape index (κ1) is 12.5. The molecule has 8 aromatic carbocycles. The fraction of sp³-hybridized carbons (Fsp3) is 0. The minimum Gasteiger partial charge on any atom is -0.309 e. The van der Waals surface area contributed by atoms with Gasteiger partial charge in [-0.05, 0) is 83.7 Å². The molecule has 0 atom stereocenters. The van der Waals surface area contributed by atoms with Gasteiger partial charge in [-0.1, -0.05) is 115 Å². The van der Waals surface area contributed by atoms with Gasteiger partial charge in [0.2, 0.25) is 0 Å². The molecule has 0 aliphatic heterocycles. The van der Waals surface area contributed by atoms with Crippen molar-refractivity contribution in [3.05, 3.63) is 187 Å². The highest BCUT2D eigenvalue weighted by Crippen LogP contribution is 2.39. The molecule has 0 bridgehead atoms. The van der Waals surface area contributed by atoms with Crippen LogP contribution in [-0.2, 0) is 0 Å². The summed E-state index contributed by atoms with van der Waals surface area (Å²) in [5, 5.41) is -2.85. The Balaban J connectivity index is 1.42. The van der Waals surface area contributed by atoms with E-state index in [2.05, 4.69) is 0 Å². The lowest BCUT2D eigenvalue weighted by atomic mass is 10.1. The maximum Gasteiger partial charge on any atom is 0.0652 e. The van der Waals surface area contributed by atoms with E-state index in [1.807, 2.05) is 0 Å². The second-order valence-corrected chi connectivity index (χ2v) is 11.3. The van der Waals surface area contributed by atoms with Crippen LogP contribution < -0.4 is 0 Å². The minimum atomic E-state index is -0.921. The number of para-hydroxylation sites is 4. The van der Waals surface area contributed by atoms with E-state index in [1.54, 1.807) is 0 Å². The second kappa shape index (κ2) is 10.8. The van der Waals surface area contributed by atoms with Crippen molar-refractivity contribution in [1.82, 2.24) is 13.7 Å². The fourth-order valence-electron chi connectivity index (χ4n) is 6.55. The number of rotatable bonds is 4. The Morgan fingerprint density at radius 3 is 1.18 bits per heavy atom. The summed E-state index contributed by atoms with van der Waals surface area (Å²) in [5.74, 6) is 0. The van der Waals surface area contributed by atoms with Crippen molar-refractivity contribution in [3.8, 4) is 28.2 Å². The summed E-state index contributed by atoms with van der Waals surface area (Å²) in [6.45, 7) is 0. The molecule has 0 aliphatic rings. The number of aromatic nitrogens is 3. The van der Waals surface area contributed by atoms with E-state index in [1.165, 1.54) is 24.3 Å². The first-order valence-electron chi connectivity index (χ1n) is 28.8. The van der Waals surface area contributed by atoms with Gasteiger partial charge in [-0.2, -0.15) is 0 Å². The molecule has 3 nitrogen and oxygen atoms in total. The average molecular weight is 677 g/mol. The van der Waals surface area contributed by atoms with Crippen molar-refractivity contribution < 1.29 is 37.0 Å². The SMILES string of the molecule is [2H]c1c([2H])c([2H])c(-c2cccc(-n3c4c([2H])c([2H])c(-n5c6c([2H])c([2H])c([2H])c([2H])c6c6c([2H])c([2H])c([2H])c([2H])c65)c([2H])c4c4c([2H])c(-n5c6c([2H])c([2H])c([2H])c([2H])c6c6c([2H])c([2H])c([2H])c([2H])c65)c([2H])c([2H])c43)c2)c([2H])c1[2H]. The smallest absolute Gasteiger partial charge is 0.0652 e. The quantitative estimate of drug-likeness (QED) is 0.176. The molecule has 3 heteroatoms. The standard InChI is InChI=1S/C48H31N3/c1-2-13-32(14-3-1)33-15-12-16-34(29-33)49-47-27-25-35(50-43-21-8-4-17-37(43)38-18-5-9-22-44(38)50)30-41(47)42-31-36(26-28-48(42)49)51-45-23-10-6-19-39(45)40-20-7-11-24-46(40)51/h1-31H/i1D,2D,3D,4D,5D,6D,7D,8D,9D,10D,11D,13D,14D,17D,18D,19D,20D,21D,22D,23D,24D,25D,26D,27D,28D,30D,31D. The minimum absolute atomic E-state index is 0.0257. The fourth-order valence-corrected chi connectivity index (χ4v) is 6.55. The van der Waals surface area contributed by atoms with Gasteiger partial charge >= 0.3 is 0 Å². The van der Waals surface area contributed by atoms with E-state index in [0.29, 0.717) is 0 Å². The van der Waals surface area contributed by atoms with E-state index in [0.717, 1.165) is 13.7 Å². The van der Waals surface area contributed by atoms with Crippen LogP contribution in [-0.4, -0.2) is 13.7 Å². The lowest BCUT2D eigenvalue weighted by molar-refractivity contribution is 1.16. The Morgan fingerprint density at radius 1 is 0.314 bits per heavy atom. The molecule has 0 fully saturated rings. The molecule has 3 heterocycles. The predicted molar refractivity (Wildman–Crippen MR) is 215 cm³/mol. The number of hydrogen-bond donors (Lipinski definition) is 0. The molecule has 0 saturated carbocycles. The third-order valence-corrected chi connectivity index (χ3v) is 8.66. The van der Waals surface area contributed by atoms with E-state index < -0.39 is 240 Å². The van der Waals surface area contributed by atoms with Crippen molar-refractivity contribution in [1.29, 1.82) is 0 Å². The Labute approximate surface area is 332 Å². The average Bonchev–Trinajstić information content (AvgIpc) is 4.30. The molecule has 0 amide bonds. The van der Waals surface area contributed by atoms with Gasteiger partial charge in [0.15, 0.2) is 0 Å². The summed E-state index contributed by atoms with van der Waals surface area (Å²) < 4.78 is 246. The van der Waals surface area contributed by atoms with Crippen LogP contribution in [0, 0.1) is 0 Å². The van der Waals surface area contributed by atoms with Gasteiger partial charge in [0.1, 0.15) is 0 Å². The molecule has 0 unspecified atom stereocenters. The molecule has 51 heavy (non-hydrogen) atoms. The van der Waals surface area contributed by atoms with Crippen molar-refractivity contribution in [2.24, 2.45) is 0 Å². The molecular formula is C48H31N3. The van der Waals surface area contributed by atoms with Crippen LogP contribution in [0.4, 0.5) is 0 Å². The van der Waals surface area contributed by atoms with Gasteiger partial charge in [-0.15, -0.1) is 0 Å². The summed E-state index contributed by atoms with van der Waals surface area (Å²) in [5.41, 5.74) is -5.05. The van der Waals surface area contributed by atoms with Gasteiger partial charge in [-0.25, -0.2) is 0 Å². The second-order valence-electron chi connectivity index (χ2n) is 11.3. The number of benzene rings is 8. The topological polar surface area (TPSA) is 14.8 Å². The van der Waals surface area contributed by atoms with Crippen LogP contribution in [0.25, 0.3) is 93.6 Å². The van der Waals surface area contributed by atoms with E-state index in [4.69, 9.17) is 28.8 Å². The molecule has 11 rings (SSSR count). The molecule has 238 valence electrons. The summed E-state index contributed by atoms with van der Waals surface area (Å²) in [6.07, 6.45) is 0. The van der Waals surface area contributed by atoms with Crippen molar-refractivity contribution in [2.45, 2.75) is 0 Å². The Bertz CT molecular complexity index is 4280. The summed E-state index contributed by atoms with van der Waals surface area (Å²) >= 11 is 0. The highest BCUT2D eigenvalue weighted by Gasteiger charge is 2.19. The van der Waals surface area contributed by atoms with Crippen LogP contribution in [0.2, 0.25) is 0 Å². The molecule has 0 radical (unpaired) electrons. The predicted octanol–water partition coefficient (Wildman–Crippen LogP) is 12.6. The molecule has 11 aromatic rings. The van der Waals surface area contributed by atoms with Crippen LogP contribution in [0.5, 0.6) is 0 Å². The number of fused-ring (bicyclic) bond motifs is 9. The zero-order valence-corrected chi connectivity index (χ0v) is 25.7. The maximum absolute atomic E-state index is 10.2. The van der Waals surface area contributed by atoms with E-state index >= 15 is 0 Å². The van der Waals surface area contributed by atoms with Gasteiger partial charge < -0.3 is 13.7 Å². The van der Waals surface area contributed by atoms with Crippen LogP contribution in [0.15, 0.2) is 187 Å². The van der Waals surface area contributed by atoms with Gasteiger partial charge in [0.25, 0.3) is 0 Å². The lowest BCUT2D eigenvalue weighted by Crippen LogP contribution is -1.96. The van der Waals surface area contributed by atoms with E-state index in [-0.39, 0.29) is 16.8 Å². The van der Waals surface area contributed by atoms with Crippen molar-refractivity contribution in [3.63, 3.8) is 0 Å². The lowest BCUT2D eigenvalue weighted by Gasteiger charge is -2.12. The highest BCUT2D eigenvalue weighted by atomic mass is 15.0. The maximum atomic E-state index is 10.2. The van der Waals surface area contributed by atoms with Crippen LogP contribution in [0.1, 0.15) is 37.0 Å². The van der Waals surface area contributed by atoms with Gasteiger partial charge in [0.05, 0.1) is 70.1 Å². The Kier molecular flexibility index (Phi) is 2.65. The normalized spacial score (nSPS) is 19.3. The summed E-state index contributed by atoms with van der Waals surface area (Å²) in [7, 11) is 0. The first-order valence-corrected chi connectivity index (χ1v) is 15.3. The highest BCUT2D eigenvalue weighted by molar-refractivity contribution is 6.14. The summed E-state index contributed by atoms with van der Waals surface area (Å²) in [6, 6.07) is -16.2. The van der Waals surface area contributed by atoms with Crippen LogP contribution >= 0.6 is 0 Å². The molecule has 0 N–H and O–H groups in total. The number of nitrogens with zero attached hydrogens (tertiary/aromatic N) is 3. The first-order chi connectivity index (χ1) is 36.6. The molecule has 0 saturated heterocycles. The van der Waals surface area contributed by atoms with Crippen molar-refractivity contribution >= 4 is 65.4 Å². The van der Waals surface area contributed by atoms with Gasteiger partial charge in [-0.3, -0.25) is 0 Å². The largest absolute Gasteiger partial charge is 0.309 e. The monoisotopic (exact) mass is 676 g/mol. The Hall–Kier alpha value is -6.84.